The largest absolute Gasteiger partial charge is 0.396 e. The van der Waals surface area contributed by atoms with Crippen molar-refractivity contribution >= 4 is 17.3 Å². The van der Waals surface area contributed by atoms with Gasteiger partial charge >= 0.3 is 0 Å². The zero-order valence-electron chi connectivity index (χ0n) is 10.1. The molecule has 1 heterocycles. The van der Waals surface area contributed by atoms with E-state index in [2.05, 4.69) is 4.98 Å². The lowest BCUT2D eigenvalue weighted by Gasteiger charge is -2.18. The second kappa shape index (κ2) is 5.01. The highest BCUT2D eigenvalue weighted by atomic mass is 19.1. The van der Waals surface area contributed by atoms with E-state index in [1.54, 1.807) is 6.07 Å². The minimum atomic E-state index is -0.806. The van der Waals surface area contributed by atoms with E-state index in [1.165, 1.54) is 24.3 Å². The molecule has 1 aromatic carbocycles. The van der Waals surface area contributed by atoms with Crippen LogP contribution in [0.15, 0.2) is 36.7 Å². The summed E-state index contributed by atoms with van der Waals surface area (Å²) in [4.78, 5) is 17.1. The molecule has 0 radical (unpaired) electrons. The molecule has 6 heteroatoms. The number of nitrogens with two attached hydrogens (primary N) is 1. The van der Waals surface area contributed by atoms with Crippen molar-refractivity contribution in [1.82, 2.24) is 4.98 Å². The van der Waals surface area contributed by atoms with Crippen molar-refractivity contribution in [2.75, 3.05) is 17.7 Å². The van der Waals surface area contributed by atoms with E-state index in [0.717, 1.165) is 12.1 Å². The maximum absolute atomic E-state index is 13.1. The third-order valence-corrected chi connectivity index (χ3v) is 2.60. The van der Waals surface area contributed by atoms with Crippen LogP contribution < -0.4 is 10.6 Å². The molecule has 0 saturated heterocycles. The number of amides is 1. The van der Waals surface area contributed by atoms with Crippen LogP contribution in [0.2, 0.25) is 0 Å². The summed E-state index contributed by atoms with van der Waals surface area (Å²) in [6, 6.07) is 4.19. The van der Waals surface area contributed by atoms with E-state index in [-0.39, 0.29) is 5.56 Å². The quantitative estimate of drug-likeness (QED) is 0.903. The topological polar surface area (TPSA) is 59.2 Å². The summed E-state index contributed by atoms with van der Waals surface area (Å²) in [5.74, 6) is -2.17. The molecule has 0 aliphatic carbocycles. The molecule has 0 fully saturated rings. The van der Waals surface area contributed by atoms with Gasteiger partial charge < -0.3 is 10.6 Å². The molecule has 0 spiro atoms. The van der Waals surface area contributed by atoms with Gasteiger partial charge in [-0.2, -0.15) is 0 Å². The van der Waals surface area contributed by atoms with Gasteiger partial charge in [0.25, 0.3) is 5.91 Å². The standard InChI is InChI=1S/C13H11F2N3O/c1-18(12-2-3-17-7-11(12)16)13(19)8-4-9(14)6-10(15)5-8/h2-7H,16H2,1H3. The molecular weight excluding hydrogens is 252 g/mol. The van der Waals surface area contributed by atoms with Gasteiger partial charge in [0.1, 0.15) is 11.6 Å². The molecule has 4 nitrogen and oxygen atoms in total. The summed E-state index contributed by atoms with van der Waals surface area (Å²) >= 11 is 0. The summed E-state index contributed by atoms with van der Waals surface area (Å²) in [6.07, 6.45) is 2.87. The van der Waals surface area contributed by atoms with Crippen molar-refractivity contribution in [3.8, 4) is 0 Å². The number of halogens is 2. The molecular formula is C13H11F2N3O. The van der Waals surface area contributed by atoms with Gasteiger partial charge in [0.2, 0.25) is 0 Å². The Balaban J connectivity index is 2.36. The van der Waals surface area contributed by atoms with Crippen LogP contribution in [0.3, 0.4) is 0 Å². The zero-order valence-corrected chi connectivity index (χ0v) is 10.1. The fraction of sp³-hybridized carbons (Fsp3) is 0.0769. The van der Waals surface area contributed by atoms with Crippen LogP contribution in [0.4, 0.5) is 20.2 Å². The summed E-state index contributed by atoms with van der Waals surface area (Å²) in [6.45, 7) is 0. The van der Waals surface area contributed by atoms with Crippen LogP contribution in [-0.2, 0) is 0 Å². The Bertz CT molecular complexity index is 611. The second-order valence-corrected chi connectivity index (χ2v) is 3.96. The summed E-state index contributed by atoms with van der Waals surface area (Å²) in [5, 5.41) is 0. The zero-order chi connectivity index (χ0) is 14.0. The fourth-order valence-corrected chi connectivity index (χ4v) is 1.69. The summed E-state index contributed by atoms with van der Waals surface area (Å²) in [5.41, 5.74) is 6.33. The third kappa shape index (κ3) is 2.67. The number of rotatable bonds is 2. The van der Waals surface area contributed by atoms with Gasteiger partial charge in [0.15, 0.2) is 0 Å². The highest BCUT2D eigenvalue weighted by molar-refractivity contribution is 6.07. The van der Waals surface area contributed by atoms with Crippen molar-refractivity contribution in [3.63, 3.8) is 0 Å². The van der Waals surface area contributed by atoms with Crippen molar-refractivity contribution in [3.05, 3.63) is 53.9 Å². The van der Waals surface area contributed by atoms with Gasteiger partial charge in [-0.3, -0.25) is 9.78 Å². The first kappa shape index (κ1) is 12.9. The van der Waals surface area contributed by atoms with Crippen LogP contribution in [0.25, 0.3) is 0 Å². The Hall–Kier alpha value is -2.50. The first-order valence-electron chi connectivity index (χ1n) is 5.42. The van der Waals surface area contributed by atoms with Gasteiger partial charge in [0.05, 0.1) is 17.6 Å². The molecule has 2 aromatic rings. The molecule has 1 amide bonds. The van der Waals surface area contributed by atoms with Crippen LogP contribution in [0.5, 0.6) is 0 Å². The third-order valence-electron chi connectivity index (χ3n) is 2.60. The number of carbonyl (C=O) groups is 1. The van der Waals surface area contributed by atoms with Gasteiger partial charge in [0, 0.05) is 24.9 Å². The molecule has 0 aliphatic heterocycles. The average molecular weight is 263 g/mol. The van der Waals surface area contributed by atoms with Crippen molar-refractivity contribution in [2.45, 2.75) is 0 Å². The summed E-state index contributed by atoms with van der Waals surface area (Å²) < 4.78 is 26.2. The number of pyridine rings is 1. The number of hydrogen-bond acceptors (Lipinski definition) is 3. The predicted molar refractivity (Wildman–Crippen MR) is 67.7 cm³/mol. The molecule has 2 rings (SSSR count). The number of benzene rings is 1. The molecule has 0 aliphatic rings. The minimum absolute atomic E-state index is 0.0868. The molecule has 1 aromatic heterocycles. The Kier molecular flexibility index (Phi) is 3.41. The van der Waals surface area contributed by atoms with E-state index < -0.39 is 17.5 Å². The van der Waals surface area contributed by atoms with E-state index in [9.17, 15) is 13.6 Å². The van der Waals surface area contributed by atoms with Crippen LogP contribution in [0.1, 0.15) is 10.4 Å². The van der Waals surface area contributed by atoms with Gasteiger partial charge in [-0.25, -0.2) is 8.78 Å². The molecule has 0 atom stereocenters. The van der Waals surface area contributed by atoms with E-state index in [0.29, 0.717) is 17.4 Å². The van der Waals surface area contributed by atoms with Crippen LogP contribution >= 0.6 is 0 Å². The van der Waals surface area contributed by atoms with Crippen LogP contribution in [-0.4, -0.2) is 17.9 Å². The number of nitrogens with zero attached hydrogens (tertiary/aromatic N) is 2. The fourth-order valence-electron chi connectivity index (χ4n) is 1.69. The summed E-state index contributed by atoms with van der Waals surface area (Å²) in [7, 11) is 1.47. The lowest BCUT2D eigenvalue weighted by molar-refractivity contribution is 0.0992. The number of hydrogen-bond donors (Lipinski definition) is 1. The van der Waals surface area contributed by atoms with E-state index in [4.69, 9.17) is 5.73 Å². The molecule has 0 saturated carbocycles. The normalized spacial score (nSPS) is 10.3. The lowest BCUT2D eigenvalue weighted by atomic mass is 10.1. The number of aromatic nitrogens is 1. The Morgan fingerprint density at radius 1 is 1.26 bits per heavy atom. The minimum Gasteiger partial charge on any atom is -0.396 e. The van der Waals surface area contributed by atoms with E-state index in [1.807, 2.05) is 0 Å². The number of nitrogen functional groups attached to an aromatic ring is 1. The van der Waals surface area contributed by atoms with Crippen LogP contribution in [0, 0.1) is 11.6 Å². The Labute approximate surface area is 108 Å². The Morgan fingerprint density at radius 2 is 1.89 bits per heavy atom. The van der Waals surface area contributed by atoms with Gasteiger partial charge in [-0.1, -0.05) is 0 Å². The number of carbonyl (C=O) groups excluding carboxylic acids is 1. The first-order chi connectivity index (χ1) is 8.99. The molecule has 0 unspecified atom stereocenters. The first-order valence-corrected chi connectivity index (χ1v) is 5.42. The maximum atomic E-state index is 13.1. The number of anilines is 2. The monoisotopic (exact) mass is 263 g/mol. The maximum Gasteiger partial charge on any atom is 0.258 e. The lowest BCUT2D eigenvalue weighted by Crippen LogP contribution is -2.27. The van der Waals surface area contributed by atoms with Crippen molar-refractivity contribution < 1.29 is 13.6 Å². The molecule has 2 N–H and O–H groups in total. The SMILES string of the molecule is CN(C(=O)c1cc(F)cc(F)c1)c1ccncc1N. The molecule has 19 heavy (non-hydrogen) atoms. The average Bonchev–Trinajstić information content (AvgIpc) is 2.36. The van der Waals surface area contributed by atoms with Gasteiger partial charge in [-0.05, 0) is 18.2 Å². The van der Waals surface area contributed by atoms with Crippen molar-refractivity contribution in [2.24, 2.45) is 0 Å². The highest BCUT2D eigenvalue weighted by Gasteiger charge is 2.17. The highest BCUT2D eigenvalue weighted by Crippen LogP contribution is 2.22. The smallest absolute Gasteiger partial charge is 0.258 e. The van der Waals surface area contributed by atoms with E-state index >= 15 is 0 Å². The predicted octanol–water partition coefficient (Wildman–Crippen LogP) is 2.22. The second-order valence-electron chi connectivity index (χ2n) is 3.96. The molecule has 98 valence electrons. The Morgan fingerprint density at radius 3 is 2.47 bits per heavy atom. The van der Waals surface area contributed by atoms with Crippen molar-refractivity contribution in [1.29, 1.82) is 0 Å². The molecule has 0 bridgehead atoms. The van der Waals surface area contributed by atoms with Gasteiger partial charge in [-0.15, -0.1) is 0 Å².